The van der Waals surface area contributed by atoms with E-state index in [4.69, 9.17) is 5.73 Å². The van der Waals surface area contributed by atoms with Gasteiger partial charge in [0.1, 0.15) is 0 Å². The summed E-state index contributed by atoms with van der Waals surface area (Å²) in [6, 6.07) is 2.76. The zero-order valence-corrected chi connectivity index (χ0v) is 9.69. The highest BCUT2D eigenvalue weighted by atomic mass is 15.3. The molecular formula is C12H21N3. The van der Waals surface area contributed by atoms with Crippen LogP contribution in [0.2, 0.25) is 0 Å². The summed E-state index contributed by atoms with van der Waals surface area (Å²) in [5, 5.41) is 4.49. The van der Waals surface area contributed by atoms with Crippen LogP contribution < -0.4 is 5.73 Å². The number of hydrogen-bond acceptors (Lipinski definition) is 2. The van der Waals surface area contributed by atoms with Gasteiger partial charge < -0.3 is 5.73 Å². The Balaban J connectivity index is 2.12. The van der Waals surface area contributed by atoms with Crippen LogP contribution in [0.1, 0.15) is 44.3 Å². The van der Waals surface area contributed by atoms with Crippen molar-refractivity contribution in [3.63, 3.8) is 0 Å². The summed E-state index contributed by atoms with van der Waals surface area (Å²) in [7, 11) is 0. The van der Waals surface area contributed by atoms with E-state index in [-0.39, 0.29) is 6.04 Å². The van der Waals surface area contributed by atoms with Gasteiger partial charge in [0.15, 0.2) is 0 Å². The van der Waals surface area contributed by atoms with Crippen LogP contribution in [0.15, 0.2) is 12.3 Å². The van der Waals surface area contributed by atoms with Crippen molar-refractivity contribution in [3.8, 4) is 0 Å². The molecule has 1 aromatic rings. The Bertz CT molecular complexity index is 318. The first-order valence-corrected chi connectivity index (χ1v) is 5.98. The highest BCUT2D eigenvalue weighted by Gasteiger charge is 2.28. The molecule has 1 aliphatic rings. The zero-order valence-electron chi connectivity index (χ0n) is 9.69. The lowest BCUT2D eigenvalue weighted by Crippen LogP contribution is -2.38. The van der Waals surface area contributed by atoms with Crippen molar-refractivity contribution < 1.29 is 0 Å². The molecule has 2 rings (SSSR count). The maximum absolute atomic E-state index is 6.18. The van der Waals surface area contributed by atoms with Crippen LogP contribution in [-0.2, 0) is 0 Å². The molecule has 0 amide bonds. The average molecular weight is 207 g/mol. The van der Waals surface area contributed by atoms with Gasteiger partial charge in [-0.05, 0) is 38.2 Å². The number of nitrogens with zero attached hydrogens (tertiary/aromatic N) is 2. The topological polar surface area (TPSA) is 43.8 Å². The number of aryl methyl sites for hydroxylation is 1. The second kappa shape index (κ2) is 4.35. The molecule has 1 fully saturated rings. The molecule has 0 aromatic carbocycles. The lowest BCUT2D eigenvalue weighted by atomic mass is 9.81. The van der Waals surface area contributed by atoms with Crippen molar-refractivity contribution in [2.24, 2.45) is 11.7 Å². The van der Waals surface area contributed by atoms with Gasteiger partial charge in [-0.2, -0.15) is 5.10 Å². The van der Waals surface area contributed by atoms with E-state index in [1.165, 1.54) is 19.3 Å². The van der Waals surface area contributed by atoms with Crippen LogP contribution in [0.3, 0.4) is 0 Å². The number of nitrogens with two attached hydrogens (primary N) is 1. The molecule has 0 saturated heterocycles. The predicted molar refractivity (Wildman–Crippen MR) is 61.6 cm³/mol. The van der Waals surface area contributed by atoms with Crippen molar-refractivity contribution in [3.05, 3.63) is 18.0 Å². The summed E-state index contributed by atoms with van der Waals surface area (Å²) in [4.78, 5) is 0. The predicted octanol–water partition coefficient (Wildman–Crippen LogP) is 2.27. The fourth-order valence-electron chi connectivity index (χ4n) is 2.55. The minimum absolute atomic E-state index is 0.284. The van der Waals surface area contributed by atoms with E-state index in [0.29, 0.717) is 6.04 Å². The number of aromatic nitrogens is 2. The quantitative estimate of drug-likeness (QED) is 0.808. The minimum Gasteiger partial charge on any atom is -0.326 e. The Labute approximate surface area is 91.7 Å². The third-order valence-electron chi connectivity index (χ3n) is 3.64. The van der Waals surface area contributed by atoms with Gasteiger partial charge in [-0.3, -0.25) is 4.68 Å². The van der Waals surface area contributed by atoms with Gasteiger partial charge in [0, 0.05) is 12.2 Å². The van der Waals surface area contributed by atoms with E-state index >= 15 is 0 Å². The third kappa shape index (κ3) is 2.23. The van der Waals surface area contributed by atoms with Crippen LogP contribution in [0.5, 0.6) is 0 Å². The summed E-state index contributed by atoms with van der Waals surface area (Å²) in [5.41, 5.74) is 7.26. The first-order valence-electron chi connectivity index (χ1n) is 5.98. The van der Waals surface area contributed by atoms with Gasteiger partial charge in [-0.15, -0.1) is 0 Å². The van der Waals surface area contributed by atoms with E-state index < -0.39 is 0 Å². The molecule has 84 valence electrons. The number of hydrogen-bond donors (Lipinski definition) is 1. The van der Waals surface area contributed by atoms with Gasteiger partial charge in [0.2, 0.25) is 0 Å². The van der Waals surface area contributed by atoms with Gasteiger partial charge in [-0.1, -0.05) is 13.3 Å². The van der Waals surface area contributed by atoms with E-state index in [2.05, 4.69) is 29.0 Å². The summed E-state index contributed by atoms with van der Waals surface area (Å²) in [6.45, 7) is 4.30. The lowest BCUT2D eigenvalue weighted by molar-refractivity contribution is 0.217. The van der Waals surface area contributed by atoms with E-state index in [0.717, 1.165) is 18.0 Å². The molecule has 0 spiro atoms. The van der Waals surface area contributed by atoms with Crippen molar-refractivity contribution >= 4 is 0 Å². The molecule has 3 atom stereocenters. The molecule has 3 nitrogen and oxygen atoms in total. The first-order chi connectivity index (χ1) is 7.20. The van der Waals surface area contributed by atoms with Crippen molar-refractivity contribution in [1.82, 2.24) is 9.78 Å². The van der Waals surface area contributed by atoms with Crippen LogP contribution in [0, 0.1) is 12.8 Å². The van der Waals surface area contributed by atoms with Gasteiger partial charge in [-0.25, -0.2) is 0 Å². The van der Waals surface area contributed by atoms with Crippen LogP contribution >= 0.6 is 0 Å². The number of rotatable bonds is 2. The first kappa shape index (κ1) is 10.7. The zero-order chi connectivity index (χ0) is 10.8. The average Bonchev–Trinajstić information content (AvgIpc) is 2.65. The van der Waals surface area contributed by atoms with Crippen molar-refractivity contribution in [1.29, 1.82) is 0 Å². The minimum atomic E-state index is 0.284. The van der Waals surface area contributed by atoms with Crippen molar-refractivity contribution in [2.75, 3.05) is 0 Å². The van der Waals surface area contributed by atoms with Crippen LogP contribution in [0.25, 0.3) is 0 Å². The van der Waals surface area contributed by atoms with Crippen molar-refractivity contribution in [2.45, 2.75) is 51.6 Å². The molecule has 3 unspecified atom stereocenters. The van der Waals surface area contributed by atoms with Crippen LogP contribution in [-0.4, -0.2) is 15.8 Å². The SMILES string of the molecule is CCC1CCC(N)C(n2ccc(C)n2)C1. The Morgan fingerprint density at radius 1 is 1.53 bits per heavy atom. The molecule has 2 N–H and O–H groups in total. The molecule has 1 aliphatic carbocycles. The largest absolute Gasteiger partial charge is 0.326 e. The van der Waals surface area contributed by atoms with E-state index in [1.807, 2.05) is 6.92 Å². The fourth-order valence-corrected chi connectivity index (χ4v) is 2.55. The monoisotopic (exact) mass is 207 g/mol. The molecule has 0 radical (unpaired) electrons. The standard InChI is InChI=1S/C12H21N3/c1-3-10-4-5-11(13)12(8-10)15-7-6-9(2)14-15/h6-7,10-12H,3-5,8,13H2,1-2H3. The van der Waals surface area contributed by atoms with Gasteiger partial charge in [0.25, 0.3) is 0 Å². The second-order valence-corrected chi connectivity index (χ2v) is 4.76. The molecule has 15 heavy (non-hydrogen) atoms. The molecule has 3 heteroatoms. The summed E-state index contributed by atoms with van der Waals surface area (Å²) >= 11 is 0. The molecular weight excluding hydrogens is 186 g/mol. The Morgan fingerprint density at radius 2 is 2.33 bits per heavy atom. The fraction of sp³-hybridized carbons (Fsp3) is 0.750. The van der Waals surface area contributed by atoms with Gasteiger partial charge >= 0.3 is 0 Å². The normalized spacial score (nSPS) is 31.8. The highest BCUT2D eigenvalue weighted by Crippen LogP contribution is 2.33. The molecule has 1 aromatic heterocycles. The summed E-state index contributed by atoms with van der Waals surface area (Å²) < 4.78 is 2.07. The van der Waals surface area contributed by atoms with Crippen LogP contribution in [0.4, 0.5) is 0 Å². The maximum atomic E-state index is 6.18. The second-order valence-electron chi connectivity index (χ2n) is 4.76. The van der Waals surface area contributed by atoms with E-state index in [9.17, 15) is 0 Å². The Hall–Kier alpha value is -0.830. The molecule has 1 heterocycles. The maximum Gasteiger partial charge on any atom is 0.0672 e. The molecule has 1 saturated carbocycles. The smallest absolute Gasteiger partial charge is 0.0672 e. The summed E-state index contributed by atoms with van der Waals surface area (Å²) in [5.74, 6) is 0.833. The lowest BCUT2D eigenvalue weighted by Gasteiger charge is -2.33. The molecule has 0 aliphatic heterocycles. The highest BCUT2D eigenvalue weighted by molar-refractivity contribution is 4.98. The van der Waals surface area contributed by atoms with E-state index in [1.54, 1.807) is 0 Å². The Morgan fingerprint density at radius 3 is 2.93 bits per heavy atom. The Kier molecular flexibility index (Phi) is 3.10. The third-order valence-corrected chi connectivity index (χ3v) is 3.64. The molecule has 0 bridgehead atoms. The van der Waals surface area contributed by atoms with Gasteiger partial charge in [0.05, 0.1) is 11.7 Å². The summed E-state index contributed by atoms with van der Waals surface area (Å²) in [6.07, 6.45) is 6.96.